The van der Waals surface area contributed by atoms with Crippen LogP contribution >= 0.6 is 0 Å². The molecule has 0 fully saturated rings. The number of benzene rings is 2. The first-order chi connectivity index (χ1) is 14.6. The molecule has 0 saturated heterocycles. The summed E-state index contributed by atoms with van der Waals surface area (Å²) in [5.41, 5.74) is 1.95. The second-order valence-corrected chi connectivity index (χ2v) is 6.62. The van der Waals surface area contributed by atoms with Crippen LogP contribution in [0.4, 0.5) is 11.4 Å². The van der Waals surface area contributed by atoms with Gasteiger partial charge in [-0.3, -0.25) is 9.59 Å². The molecule has 0 bridgehead atoms. The SMILES string of the molecule is CCCOc1cccc(NC(=O)CNc2ccc(C(=O)NCc3ccco3)cc2)c1. The number of ether oxygens (including phenoxy) is 1. The Morgan fingerprint density at radius 3 is 2.57 bits per heavy atom. The number of carbonyl (C=O) groups is 2. The Hall–Kier alpha value is -3.74. The van der Waals surface area contributed by atoms with Gasteiger partial charge in [-0.1, -0.05) is 13.0 Å². The van der Waals surface area contributed by atoms with Gasteiger partial charge in [0.05, 0.1) is 26.0 Å². The fourth-order valence-electron chi connectivity index (χ4n) is 2.69. The predicted octanol–water partition coefficient (Wildman–Crippen LogP) is 4.05. The summed E-state index contributed by atoms with van der Waals surface area (Å²) >= 11 is 0. The summed E-state index contributed by atoms with van der Waals surface area (Å²) in [4.78, 5) is 24.4. The lowest BCUT2D eigenvalue weighted by molar-refractivity contribution is -0.114. The van der Waals surface area contributed by atoms with Gasteiger partial charge < -0.3 is 25.1 Å². The molecule has 30 heavy (non-hydrogen) atoms. The number of hydrogen-bond donors (Lipinski definition) is 3. The van der Waals surface area contributed by atoms with Crippen molar-refractivity contribution in [1.29, 1.82) is 0 Å². The lowest BCUT2D eigenvalue weighted by Gasteiger charge is -2.10. The van der Waals surface area contributed by atoms with E-state index in [9.17, 15) is 9.59 Å². The molecular formula is C23H25N3O4. The maximum absolute atomic E-state index is 12.2. The highest BCUT2D eigenvalue weighted by atomic mass is 16.5. The minimum atomic E-state index is -0.194. The van der Waals surface area contributed by atoms with Gasteiger partial charge in [0, 0.05) is 23.0 Å². The highest BCUT2D eigenvalue weighted by Crippen LogP contribution is 2.17. The maximum atomic E-state index is 12.2. The van der Waals surface area contributed by atoms with E-state index in [4.69, 9.17) is 9.15 Å². The van der Waals surface area contributed by atoms with Gasteiger partial charge in [-0.15, -0.1) is 0 Å². The molecular weight excluding hydrogens is 382 g/mol. The third kappa shape index (κ3) is 6.41. The lowest BCUT2D eigenvalue weighted by Crippen LogP contribution is -2.23. The molecule has 0 aliphatic rings. The molecule has 0 saturated carbocycles. The van der Waals surface area contributed by atoms with Crippen LogP contribution in [0.5, 0.6) is 5.75 Å². The van der Waals surface area contributed by atoms with E-state index in [0.29, 0.717) is 30.2 Å². The molecule has 0 atom stereocenters. The van der Waals surface area contributed by atoms with Gasteiger partial charge in [-0.2, -0.15) is 0 Å². The van der Waals surface area contributed by atoms with Crippen molar-refractivity contribution in [3.8, 4) is 5.75 Å². The van der Waals surface area contributed by atoms with Crippen LogP contribution in [0.15, 0.2) is 71.3 Å². The summed E-state index contributed by atoms with van der Waals surface area (Å²) in [5.74, 6) is 1.04. The monoisotopic (exact) mass is 407 g/mol. The van der Waals surface area contributed by atoms with Crippen LogP contribution in [0.25, 0.3) is 0 Å². The first kappa shape index (κ1) is 21.0. The molecule has 3 rings (SSSR count). The molecule has 3 aromatic rings. The van der Waals surface area contributed by atoms with Gasteiger partial charge in [0.2, 0.25) is 5.91 Å². The number of hydrogen-bond acceptors (Lipinski definition) is 5. The Kier molecular flexibility index (Phi) is 7.49. The lowest BCUT2D eigenvalue weighted by atomic mass is 10.2. The summed E-state index contributed by atoms with van der Waals surface area (Å²) in [6.07, 6.45) is 2.49. The molecule has 0 radical (unpaired) electrons. The van der Waals surface area contributed by atoms with Crippen molar-refractivity contribution in [3.63, 3.8) is 0 Å². The zero-order valence-electron chi connectivity index (χ0n) is 16.8. The zero-order valence-corrected chi connectivity index (χ0v) is 16.8. The topological polar surface area (TPSA) is 92.6 Å². The van der Waals surface area contributed by atoms with E-state index in [2.05, 4.69) is 16.0 Å². The molecule has 2 amide bonds. The van der Waals surface area contributed by atoms with E-state index < -0.39 is 0 Å². The third-order valence-electron chi connectivity index (χ3n) is 4.19. The molecule has 2 aromatic carbocycles. The van der Waals surface area contributed by atoms with E-state index >= 15 is 0 Å². The first-order valence-electron chi connectivity index (χ1n) is 9.81. The van der Waals surface area contributed by atoms with Crippen LogP contribution in [0.2, 0.25) is 0 Å². The molecule has 0 unspecified atom stereocenters. The normalized spacial score (nSPS) is 10.3. The number of anilines is 2. The van der Waals surface area contributed by atoms with E-state index in [1.807, 2.05) is 25.1 Å². The highest BCUT2D eigenvalue weighted by molar-refractivity contribution is 5.95. The molecule has 0 aliphatic carbocycles. The second-order valence-electron chi connectivity index (χ2n) is 6.62. The van der Waals surface area contributed by atoms with Crippen molar-refractivity contribution in [3.05, 3.63) is 78.3 Å². The zero-order chi connectivity index (χ0) is 21.2. The van der Waals surface area contributed by atoms with Gasteiger partial charge in [0.25, 0.3) is 5.91 Å². The highest BCUT2D eigenvalue weighted by Gasteiger charge is 2.07. The summed E-state index contributed by atoms with van der Waals surface area (Å²) in [6.45, 7) is 3.10. The van der Waals surface area contributed by atoms with Gasteiger partial charge in [-0.25, -0.2) is 0 Å². The third-order valence-corrected chi connectivity index (χ3v) is 4.19. The molecule has 0 aliphatic heterocycles. The Labute approximate surface area is 175 Å². The quantitative estimate of drug-likeness (QED) is 0.472. The van der Waals surface area contributed by atoms with Gasteiger partial charge in [-0.05, 0) is 55.0 Å². The second kappa shape index (κ2) is 10.7. The first-order valence-corrected chi connectivity index (χ1v) is 9.81. The fourth-order valence-corrected chi connectivity index (χ4v) is 2.69. The molecule has 0 spiro atoms. The number of amides is 2. The Morgan fingerprint density at radius 2 is 1.83 bits per heavy atom. The summed E-state index contributed by atoms with van der Waals surface area (Å²) in [5, 5.41) is 8.67. The molecule has 3 N–H and O–H groups in total. The minimum absolute atomic E-state index is 0.101. The van der Waals surface area contributed by atoms with Gasteiger partial charge in [0.15, 0.2) is 0 Å². The minimum Gasteiger partial charge on any atom is -0.494 e. The van der Waals surface area contributed by atoms with Crippen LogP contribution < -0.4 is 20.7 Å². The van der Waals surface area contributed by atoms with E-state index in [0.717, 1.165) is 17.9 Å². The van der Waals surface area contributed by atoms with Crippen LogP contribution in [-0.2, 0) is 11.3 Å². The largest absolute Gasteiger partial charge is 0.494 e. The molecule has 1 heterocycles. The van der Waals surface area contributed by atoms with Crippen LogP contribution in [0.1, 0.15) is 29.5 Å². The molecule has 7 nitrogen and oxygen atoms in total. The van der Waals surface area contributed by atoms with Crippen molar-refractivity contribution in [2.24, 2.45) is 0 Å². The van der Waals surface area contributed by atoms with Gasteiger partial charge in [0.1, 0.15) is 11.5 Å². The number of rotatable bonds is 10. The Balaban J connectivity index is 1.45. The predicted molar refractivity (Wildman–Crippen MR) is 116 cm³/mol. The maximum Gasteiger partial charge on any atom is 0.251 e. The number of furan rings is 1. The van der Waals surface area contributed by atoms with Crippen molar-refractivity contribution in [1.82, 2.24) is 5.32 Å². The summed E-state index contributed by atoms with van der Waals surface area (Å²) < 4.78 is 10.8. The van der Waals surface area contributed by atoms with E-state index in [1.54, 1.807) is 48.7 Å². The van der Waals surface area contributed by atoms with E-state index in [-0.39, 0.29) is 18.4 Å². The van der Waals surface area contributed by atoms with Crippen LogP contribution in [-0.4, -0.2) is 25.0 Å². The Bertz CT molecular complexity index is 953. The number of carbonyl (C=O) groups excluding carboxylic acids is 2. The standard InChI is InChI=1S/C23H25N3O4/c1-2-12-29-20-6-3-5-19(14-20)26-22(27)16-24-18-10-8-17(9-11-18)23(28)25-15-21-7-4-13-30-21/h3-11,13-14,24H,2,12,15-16H2,1H3,(H,25,28)(H,26,27). The smallest absolute Gasteiger partial charge is 0.251 e. The van der Waals surface area contributed by atoms with E-state index in [1.165, 1.54) is 0 Å². The average Bonchev–Trinajstić information content (AvgIpc) is 3.29. The van der Waals surface area contributed by atoms with Crippen molar-refractivity contribution in [2.75, 3.05) is 23.8 Å². The van der Waals surface area contributed by atoms with Crippen LogP contribution in [0.3, 0.4) is 0 Å². The summed E-state index contributed by atoms with van der Waals surface area (Å²) in [6, 6.07) is 17.8. The Morgan fingerprint density at radius 1 is 1.00 bits per heavy atom. The van der Waals surface area contributed by atoms with Crippen LogP contribution in [0, 0.1) is 0 Å². The van der Waals surface area contributed by atoms with Gasteiger partial charge >= 0.3 is 0 Å². The molecule has 7 heteroatoms. The molecule has 156 valence electrons. The summed E-state index contributed by atoms with van der Waals surface area (Å²) in [7, 11) is 0. The van der Waals surface area contributed by atoms with Crippen molar-refractivity contribution in [2.45, 2.75) is 19.9 Å². The van der Waals surface area contributed by atoms with Crippen molar-refractivity contribution < 1.29 is 18.7 Å². The fraction of sp³-hybridized carbons (Fsp3) is 0.217. The number of nitrogens with one attached hydrogen (secondary N) is 3. The molecule has 1 aromatic heterocycles. The van der Waals surface area contributed by atoms with Crippen molar-refractivity contribution >= 4 is 23.2 Å². The average molecular weight is 407 g/mol.